The van der Waals surface area contributed by atoms with Gasteiger partial charge in [-0.05, 0) is 17.2 Å². The molecule has 0 aliphatic rings. The van der Waals surface area contributed by atoms with Crippen molar-refractivity contribution in [3.05, 3.63) is 29.3 Å². The third-order valence-corrected chi connectivity index (χ3v) is 2.64. The summed E-state index contributed by atoms with van der Waals surface area (Å²) in [5.74, 6) is -0.610. The minimum atomic E-state index is -0.309. The molecule has 0 heterocycles. The Bertz CT molecular complexity index is 457. The Morgan fingerprint density at radius 2 is 1.63 bits per heavy atom. The summed E-state index contributed by atoms with van der Waals surface area (Å²) < 4.78 is 9.84. The molecule has 0 unspecified atom stereocenters. The van der Waals surface area contributed by atoms with Crippen LogP contribution in [0.1, 0.15) is 25.0 Å². The number of ether oxygens (including phenoxy) is 2. The number of hydrogen-bond donors (Lipinski definition) is 1. The summed E-state index contributed by atoms with van der Waals surface area (Å²) in [5.41, 5.74) is 8.53. The van der Waals surface area contributed by atoms with Gasteiger partial charge in [-0.2, -0.15) is 0 Å². The normalized spacial score (nSPS) is 10.0. The fourth-order valence-corrected chi connectivity index (χ4v) is 1.80. The average Bonchev–Trinajstić information content (AvgIpc) is 2.31. The second-order valence-corrected chi connectivity index (χ2v) is 4.17. The van der Waals surface area contributed by atoms with Crippen LogP contribution < -0.4 is 5.73 Å². The lowest BCUT2D eigenvalue weighted by molar-refractivity contribution is -0.141. The fraction of sp³-hybridized carbons (Fsp3) is 0.429. The molecular weight excluding hydrogens is 246 g/mol. The summed E-state index contributed by atoms with van der Waals surface area (Å²) in [6, 6.07) is 5.59. The third kappa shape index (κ3) is 5.42. The van der Waals surface area contributed by atoms with Crippen LogP contribution in [0.4, 0.5) is 5.69 Å². The van der Waals surface area contributed by atoms with Crippen molar-refractivity contribution >= 4 is 17.6 Å². The second-order valence-electron chi connectivity index (χ2n) is 4.17. The van der Waals surface area contributed by atoms with Crippen molar-refractivity contribution in [3.8, 4) is 0 Å². The zero-order chi connectivity index (χ0) is 14.3. The SMILES string of the molecule is CC(=O)OCCc1cccc(N)c1CCOC(C)=O. The van der Waals surface area contributed by atoms with E-state index >= 15 is 0 Å². The number of carbonyl (C=O) groups excluding carboxylic acids is 2. The van der Waals surface area contributed by atoms with Crippen LogP contribution in [-0.4, -0.2) is 25.2 Å². The van der Waals surface area contributed by atoms with Crippen LogP contribution in [0.5, 0.6) is 0 Å². The van der Waals surface area contributed by atoms with Crippen molar-refractivity contribution < 1.29 is 19.1 Å². The maximum atomic E-state index is 10.7. The second kappa shape index (κ2) is 7.41. The summed E-state index contributed by atoms with van der Waals surface area (Å²) in [6.07, 6.45) is 1.15. The molecule has 0 aliphatic carbocycles. The van der Waals surface area contributed by atoms with Crippen molar-refractivity contribution in [1.82, 2.24) is 0 Å². The first-order chi connectivity index (χ1) is 9.00. The molecule has 1 aromatic carbocycles. The molecule has 2 N–H and O–H groups in total. The van der Waals surface area contributed by atoms with Gasteiger partial charge in [-0.1, -0.05) is 12.1 Å². The Morgan fingerprint density at radius 3 is 2.21 bits per heavy atom. The van der Waals surface area contributed by atoms with Gasteiger partial charge >= 0.3 is 11.9 Å². The van der Waals surface area contributed by atoms with Crippen LogP contribution >= 0.6 is 0 Å². The van der Waals surface area contributed by atoms with E-state index in [0.29, 0.717) is 31.7 Å². The number of hydrogen-bond acceptors (Lipinski definition) is 5. The highest BCUT2D eigenvalue weighted by atomic mass is 16.5. The predicted octanol–water partition coefficient (Wildman–Crippen LogP) is 1.48. The molecule has 0 bridgehead atoms. The zero-order valence-electron chi connectivity index (χ0n) is 11.3. The van der Waals surface area contributed by atoms with Gasteiger partial charge in [0.25, 0.3) is 0 Å². The van der Waals surface area contributed by atoms with Gasteiger partial charge in [-0.3, -0.25) is 9.59 Å². The smallest absolute Gasteiger partial charge is 0.302 e. The van der Waals surface area contributed by atoms with E-state index in [0.717, 1.165) is 11.1 Å². The van der Waals surface area contributed by atoms with E-state index in [-0.39, 0.29) is 11.9 Å². The molecule has 0 fully saturated rings. The predicted molar refractivity (Wildman–Crippen MR) is 71.5 cm³/mol. The Labute approximate surface area is 112 Å². The lowest BCUT2D eigenvalue weighted by Gasteiger charge is -2.12. The van der Waals surface area contributed by atoms with E-state index < -0.39 is 0 Å². The number of esters is 2. The first-order valence-electron chi connectivity index (χ1n) is 6.13. The Kier molecular flexibility index (Phi) is 5.85. The number of carbonyl (C=O) groups is 2. The summed E-state index contributed by atoms with van der Waals surface area (Å²) in [7, 11) is 0. The van der Waals surface area contributed by atoms with Gasteiger partial charge in [0.2, 0.25) is 0 Å². The molecule has 0 aliphatic heterocycles. The summed E-state index contributed by atoms with van der Waals surface area (Å²) in [5, 5.41) is 0. The number of nitrogens with two attached hydrogens (primary N) is 1. The number of rotatable bonds is 6. The number of nitrogen functional groups attached to an aromatic ring is 1. The van der Waals surface area contributed by atoms with Crippen LogP contribution in [0.15, 0.2) is 18.2 Å². The number of benzene rings is 1. The largest absolute Gasteiger partial charge is 0.466 e. The first-order valence-corrected chi connectivity index (χ1v) is 6.13. The summed E-state index contributed by atoms with van der Waals surface area (Å²) in [6.45, 7) is 3.36. The van der Waals surface area contributed by atoms with Crippen LogP contribution in [0.2, 0.25) is 0 Å². The van der Waals surface area contributed by atoms with Gasteiger partial charge in [0.05, 0.1) is 13.2 Å². The zero-order valence-corrected chi connectivity index (χ0v) is 11.3. The van der Waals surface area contributed by atoms with Crippen molar-refractivity contribution in [2.45, 2.75) is 26.7 Å². The molecule has 0 aromatic heterocycles. The van der Waals surface area contributed by atoms with E-state index in [1.54, 1.807) is 6.07 Å². The maximum Gasteiger partial charge on any atom is 0.302 e. The highest BCUT2D eigenvalue weighted by Gasteiger charge is 2.07. The van der Waals surface area contributed by atoms with E-state index in [9.17, 15) is 9.59 Å². The highest BCUT2D eigenvalue weighted by Crippen LogP contribution is 2.18. The molecule has 5 nitrogen and oxygen atoms in total. The van der Waals surface area contributed by atoms with Gasteiger partial charge in [0.15, 0.2) is 0 Å². The molecule has 19 heavy (non-hydrogen) atoms. The highest BCUT2D eigenvalue weighted by molar-refractivity contribution is 5.66. The lowest BCUT2D eigenvalue weighted by atomic mass is 10.0. The topological polar surface area (TPSA) is 78.6 Å². The molecule has 0 amide bonds. The molecule has 104 valence electrons. The van der Waals surface area contributed by atoms with Crippen molar-refractivity contribution in [2.75, 3.05) is 18.9 Å². The van der Waals surface area contributed by atoms with Crippen LogP contribution in [0, 0.1) is 0 Å². The summed E-state index contributed by atoms with van der Waals surface area (Å²) in [4.78, 5) is 21.5. The fourth-order valence-electron chi connectivity index (χ4n) is 1.80. The molecule has 0 spiro atoms. The van der Waals surface area contributed by atoms with Crippen LogP contribution in [0.3, 0.4) is 0 Å². The standard InChI is InChI=1S/C14H19NO4/c1-10(16)18-8-6-12-4-3-5-14(15)13(12)7-9-19-11(2)17/h3-5H,6-9,15H2,1-2H3. The van der Waals surface area contributed by atoms with Crippen LogP contribution in [-0.2, 0) is 31.9 Å². The molecule has 0 radical (unpaired) electrons. The minimum absolute atomic E-state index is 0.296. The number of anilines is 1. The average molecular weight is 265 g/mol. The van der Waals surface area contributed by atoms with E-state index in [1.165, 1.54) is 13.8 Å². The minimum Gasteiger partial charge on any atom is -0.466 e. The van der Waals surface area contributed by atoms with Gasteiger partial charge in [-0.25, -0.2) is 0 Å². The Balaban J connectivity index is 2.65. The molecule has 5 heteroatoms. The molecule has 0 atom stereocenters. The Morgan fingerprint density at radius 1 is 1.05 bits per heavy atom. The van der Waals surface area contributed by atoms with Crippen molar-refractivity contribution in [2.24, 2.45) is 0 Å². The molecule has 0 saturated carbocycles. The van der Waals surface area contributed by atoms with Gasteiger partial charge in [0.1, 0.15) is 0 Å². The van der Waals surface area contributed by atoms with Gasteiger partial charge < -0.3 is 15.2 Å². The monoisotopic (exact) mass is 265 g/mol. The van der Waals surface area contributed by atoms with E-state index in [1.807, 2.05) is 12.1 Å². The molecule has 1 rings (SSSR count). The van der Waals surface area contributed by atoms with Crippen molar-refractivity contribution in [3.63, 3.8) is 0 Å². The van der Waals surface area contributed by atoms with E-state index in [2.05, 4.69) is 0 Å². The third-order valence-electron chi connectivity index (χ3n) is 2.64. The molecular formula is C14H19NO4. The van der Waals surface area contributed by atoms with Gasteiger partial charge in [-0.15, -0.1) is 0 Å². The van der Waals surface area contributed by atoms with E-state index in [4.69, 9.17) is 15.2 Å². The van der Waals surface area contributed by atoms with Crippen molar-refractivity contribution in [1.29, 1.82) is 0 Å². The van der Waals surface area contributed by atoms with Gasteiger partial charge in [0, 0.05) is 32.4 Å². The molecule has 0 saturated heterocycles. The van der Waals surface area contributed by atoms with Crippen LogP contribution in [0.25, 0.3) is 0 Å². The first kappa shape index (κ1) is 15.0. The quantitative estimate of drug-likeness (QED) is 0.622. The Hall–Kier alpha value is -2.04. The maximum absolute atomic E-state index is 10.7. The summed E-state index contributed by atoms with van der Waals surface area (Å²) >= 11 is 0. The lowest BCUT2D eigenvalue weighted by Crippen LogP contribution is -2.10. The molecule has 1 aromatic rings.